The van der Waals surface area contributed by atoms with Crippen molar-refractivity contribution in [1.29, 1.82) is 0 Å². The molecule has 1 aliphatic heterocycles. The fraction of sp³-hybridized carbons (Fsp3) is 0.174. The summed E-state index contributed by atoms with van der Waals surface area (Å²) in [5.74, 6) is -0.420. The van der Waals surface area contributed by atoms with Gasteiger partial charge in [0, 0.05) is 18.3 Å². The lowest BCUT2D eigenvalue weighted by Gasteiger charge is -2.35. The number of benzene rings is 3. The molecule has 1 aliphatic rings. The van der Waals surface area contributed by atoms with Crippen LogP contribution in [0.15, 0.2) is 77.7 Å². The van der Waals surface area contributed by atoms with Gasteiger partial charge in [0.1, 0.15) is 11.8 Å². The van der Waals surface area contributed by atoms with Crippen molar-refractivity contribution < 1.29 is 18.3 Å². The Balaban J connectivity index is 1.71. The summed E-state index contributed by atoms with van der Waals surface area (Å²) in [5.41, 5.74) is 3.20. The molecule has 0 saturated carbocycles. The van der Waals surface area contributed by atoms with Crippen molar-refractivity contribution in [3.8, 4) is 5.75 Å². The summed E-state index contributed by atoms with van der Waals surface area (Å²) in [5, 5.41) is 12.4. The highest BCUT2D eigenvalue weighted by molar-refractivity contribution is 7.89. The first-order valence-electron chi connectivity index (χ1n) is 9.60. The fourth-order valence-corrected chi connectivity index (χ4v) is 5.20. The Hall–Kier alpha value is -3.16. The van der Waals surface area contributed by atoms with Gasteiger partial charge in [-0.25, -0.2) is 8.42 Å². The van der Waals surface area contributed by atoms with E-state index in [0.29, 0.717) is 5.69 Å². The molecule has 0 unspecified atom stereocenters. The van der Waals surface area contributed by atoms with E-state index in [4.69, 9.17) is 0 Å². The summed E-state index contributed by atoms with van der Waals surface area (Å²) in [6, 6.07) is 19.4. The Morgan fingerprint density at radius 1 is 1.00 bits per heavy atom. The third-order valence-corrected chi connectivity index (χ3v) is 7.12. The molecular formula is C23H22N2O4S. The van der Waals surface area contributed by atoms with Crippen LogP contribution in [0.2, 0.25) is 0 Å². The van der Waals surface area contributed by atoms with Gasteiger partial charge in [0.25, 0.3) is 0 Å². The molecule has 7 heteroatoms. The van der Waals surface area contributed by atoms with E-state index in [-0.39, 0.29) is 23.6 Å². The van der Waals surface area contributed by atoms with Gasteiger partial charge in [-0.1, -0.05) is 48.0 Å². The van der Waals surface area contributed by atoms with Crippen LogP contribution in [0.25, 0.3) is 0 Å². The van der Waals surface area contributed by atoms with E-state index in [9.17, 15) is 18.3 Å². The zero-order valence-electron chi connectivity index (χ0n) is 16.4. The number of aromatic hydroxyl groups is 1. The van der Waals surface area contributed by atoms with Crippen LogP contribution in [-0.2, 0) is 27.8 Å². The third kappa shape index (κ3) is 3.94. The van der Waals surface area contributed by atoms with Crippen LogP contribution in [0.4, 0.5) is 5.69 Å². The predicted molar refractivity (Wildman–Crippen MR) is 115 cm³/mol. The smallest absolute Gasteiger partial charge is 0.244 e. The average molecular weight is 423 g/mol. The highest BCUT2D eigenvalue weighted by Crippen LogP contribution is 2.30. The topological polar surface area (TPSA) is 86.7 Å². The number of carbonyl (C=O) groups is 1. The average Bonchev–Trinajstić information content (AvgIpc) is 2.73. The van der Waals surface area contributed by atoms with E-state index in [1.165, 1.54) is 16.4 Å². The Labute approximate surface area is 175 Å². The molecule has 0 spiro atoms. The molecule has 0 radical (unpaired) electrons. The summed E-state index contributed by atoms with van der Waals surface area (Å²) in [6.07, 6.45) is 0.270. The molecule has 154 valence electrons. The lowest BCUT2D eigenvalue weighted by Crippen LogP contribution is -2.50. The van der Waals surface area contributed by atoms with E-state index in [1.807, 2.05) is 31.2 Å². The zero-order chi connectivity index (χ0) is 21.3. The molecule has 6 nitrogen and oxygen atoms in total. The minimum absolute atomic E-state index is 0.0194. The van der Waals surface area contributed by atoms with Gasteiger partial charge in [0.15, 0.2) is 0 Å². The van der Waals surface area contributed by atoms with Crippen LogP contribution in [0, 0.1) is 6.92 Å². The highest BCUT2D eigenvalue weighted by atomic mass is 32.2. The molecule has 0 aliphatic carbocycles. The first-order chi connectivity index (χ1) is 14.3. The number of nitrogens with zero attached hydrogens (tertiary/aromatic N) is 1. The number of fused-ring (bicyclic) bond motifs is 1. The van der Waals surface area contributed by atoms with Crippen molar-refractivity contribution in [2.45, 2.75) is 30.8 Å². The number of amides is 1. The van der Waals surface area contributed by atoms with Gasteiger partial charge in [-0.2, -0.15) is 4.31 Å². The first kappa shape index (κ1) is 20.1. The molecule has 4 rings (SSSR count). The Morgan fingerprint density at radius 3 is 2.40 bits per heavy atom. The van der Waals surface area contributed by atoms with Gasteiger partial charge in [-0.05, 0) is 48.7 Å². The van der Waals surface area contributed by atoms with Crippen LogP contribution in [-0.4, -0.2) is 29.8 Å². The maximum atomic E-state index is 13.4. The number of sulfonamides is 1. The molecule has 0 saturated heterocycles. The van der Waals surface area contributed by atoms with E-state index < -0.39 is 22.0 Å². The number of aryl methyl sites for hydroxylation is 1. The highest BCUT2D eigenvalue weighted by Gasteiger charge is 2.39. The minimum Gasteiger partial charge on any atom is -0.508 e. The largest absolute Gasteiger partial charge is 0.508 e. The third-order valence-electron chi connectivity index (χ3n) is 5.25. The minimum atomic E-state index is -3.89. The van der Waals surface area contributed by atoms with E-state index in [0.717, 1.165) is 16.7 Å². The Kier molecular flexibility index (Phi) is 5.32. The van der Waals surface area contributed by atoms with E-state index >= 15 is 0 Å². The SMILES string of the molecule is Cc1ccc(S(=O)(=O)N2Cc3ccccc3C[C@@H]2C(=O)Nc2cccc(O)c2)cc1. The standard InChI is InChI=1S/C23H22N2O4S/c1-16-9-11-21(12-10-16)30(28,29)25-15-18-6-3-2-5-17(18)13-22(25)23(27)24-19-7-4-8-20(26)14-19/h2-12,14,22,26H,13,15H2,1H3,(H,24,27)/t22-/m1/s1. The lowest BCUT2D eigenvalue weighted by molar-refractivity contribution is -0.120. The van der Waals surface area contributed by atoms with Crippen LogP contribution in [0.5, 0.6) is 5.75 Å². The van der Waals surface area contributed by atoms with Crippen molar-refractivity contribution in [2.75, 3.05) is 5.32 Å². The number of nitrogens with one attached hydrogen (secondary N) is 1. The Bertz CT molecular complexity index is 1190. The van der Waals surface area contributed by atoms with Crippen molar-refractivity contribution in [3.05, 3.63) is 89.5 Å². The van der Waals surface area contributed by atoms with E-state index in [1.54, 1.807) is 36.4 Å². The molecule has 1 atom stereocenters. The van der Waals surface area contributed by atoms with Gasteiger partial charge in [-0.15, -0.1) is 0 Å². The second kappa shape index (κ2) is 7.93. The molecule has 0 fully saturated rings. The quantitative estimate of drug-likeness (QED) is 0.674. The zero-order valence-corrected chi connectivity index (χ0v) is 17.3. The second-order valence-corrected chi connectivity index (χ2v) is 9.28. The monoisotopic (exact) mass is 422 g/mol. The second-order valence-electron chi connectivity index (χ2n) is 7.39. The fourth-order valence-electron chi connectivity index (χ4n) is 3.63. The summed E-state index contributed by atoms with van der Waals surface area (Å²) in [4.78, 5) is 13.3. The van der Waals surface area contributed by atoms with Crippen molar-refractivity contribution in [1.82, 2.24) is 4.31 Å². The number of carbonyl (C=O) groups excluding carboxylic acids is 1. The van der Waals surface area contributed by atoms with Crippen molar-refractivity contribution in [2.24, 2.45) is 0 Å². The van der Waals surface area contributed by atoms with Crippen molar-refractivity contribution >= 4 is 21.6 Å². The molecule has 0 aromatic heterocycles. The van der Waals surface area contributed by atoms with Crippen molar-refractivity contribution in [3.63, 3.8) is 0 Å². The molecule has 30 heavy (non-hydrogen) atoms. The van der Waals surface area contributed by atoms with Crippen LogP contribution >= 0.6 is 0 Å². The van der Waals surface area contributed by atoms with Gasteiger partial charge in [0.2, 0.25) is 15.9 Å². The first-order valence-corrected chi connectivity index (χ1v) is 11.0. The summed E-state index contributed by atoms with van der Waals surface area (Å²) >= 11 is 0. The molecular weight excluding hydrogens is 400 g/mol. The number of phenolic OH excluding ortho intramolecular Hbond substituents is 1. The predicted octanol–water partition coefficient (Wildman–Crippen LogP) is 3.45. The number of rotatable bonds is 4. The maximum absolute atomic E-state index is 13.4. The molecule has 2 N–H and O–H groups in total. The van der Waals surface area contributed by atoms with Gasteiger partial charge < -0.3 is 10.4 Å². The lowest BCUT2D eigenvalue weighted by atomic mass is 9.95. The normalized spacial score (nSPS) is 16.6. The molecule has 3 aromatic rings. The van der Waals surface area contributed by atoms with Gasteiger partial charge >= 0.3 is 0 Å². The number of hydrogen-bond acceptors (Lipinski definition) is 4. The van der Waals surface area contributed by atoms with Gasteiger partial charge in [-0.3, -0.25) is 4.79 Å². The molecule has 1 heterocycles. The summed E-state index contributed by atoms with van der Waals surface area (Å²) in [6.45, 7) is 2.00. The van der Waals surface area contributed by atoms with E-state index in [2.05, 4.69) is 5.32 Å². The van der Waals surface area contributed by atoms with Crippen LogP contribution in [0.3, 0.4) is 0 Å². The maximum Gasteiger partial charge on any atom is 0.244 e. The summed E-state index contributed by atoms with van der Waals surface area (Å²) < 4.78 is 28.1. The molecule has 3 aromatic carbocycles. The van der Waals surface area contributed by atoms with Crippen LogP contribution < -0.4 is 5.32 Å². The number of phenols is 1. The van der Waals surface area contributed by atoms with Gasteiger partial charge in [0.05, 0.1) is 4.90 Å². The Morgan fingerprint density at radius 2 is 1.70 bits per heavy atom. The number of anilines is 1. The number of hydrogen-bond donors (Lipinski definition) is 2. The molecule has 1 amide bonds. The summed E-state index contributed by atoms with van der Waals surface area (Å²) in [7, 11) is -3.89. The molecule has 0 bridgehead atoms. The van der Waals surface area contributed by atoms with Crippen LogP contribution in [0.1, 0.15) is 16.7 Å².